The highest BCUT2D eigenvalue weighted by Crippen LogP contribution is 2.04. The Morgan fingerprint density at radius 3 is 2.57 bits per heavy atom. The van der Waals surface area contributed by atoms with Crippen LogP contribution in [-0.4, -0.2) is 12.6 Å². The zero-order chi connectivity index (χ0) is 10.4. The van der Waals surface area contributed by atoms with Crippen molar-refractivity contribution in [1.29, 1.82) is 5.26 Å². The van der Waals surface area contributed by atoms with Crippen molar-refractivity contribution < 1.29 is 9.53 Å². The van der Waals surface area contributed by atoms with E-state index in [2.05, 4.69) is 10.7 Å². The molecule has 1 aromatic carbocycles. The Labute approximate surface area is 81.9 Å². The third kappa shape index (κ3) is 2.36. The summed E-state index contributed by atoms with van der Waals surface area (Å²) in [6.45, 7) is -0.240. The number of hydrogen-bond acceptors (Lipinski definition) is 3. The summed E-state index contributed by atoms with van der Waals surface area (Å²) in [7, 11) is 0. The zero-order valence-corrected chi connectivity index (χ0v) is 7.36. The van der Waals surface area contributed by atoms with E-state index in [0.717, 1.165) is 0 Å². The van der Waals surface area contributed by atoms with Crippen molar-refractivity contribution in [2.75, 3.05) is 6.61 Å². The monoisotopic (exact) mass is 185 g/mol. The first kappa shape index (κ1) is 9.83. The molecular weight excluding hydrogens is 178 g/mol. The van der Waals surface area contributed by atoms with Gasteiger partial charge in [-0.1, -0.05) is 5.92 Å². The topological polar surface area (TPSA) is 50.1 Å². The Morgan fingerprint density at radius 1 is 1.43 bits per heavy atom. The van der Waals surface area contributed by atoms with Gasteiger partial charge in [-0.05, 0) is 24.3 Å². The summed E-state index contributed by atoms with van der Waals surface area (Å²) in [6.07, 6.45) is 5.15. The van der Waals surface area contributed by atoms with Gasteiger partial charge in [0.15, 0.2) is 6.61 Å². The predicted molar refractivity (Wildman–Crippen MR) is 50.3 cm³/mol. The number of rotatable bonds is 2. The molecule has 1 rings (SSSR count). The quantitative estimate of drug-likeness (QED) is 0.516. The lowest BCUT2D eigenvalue weighted by molar-refractivity contribution is 0.0555. The van der Waals surface area contributed by atoms with Crippen molar-refractivity contribution in [2.45, 2.75) is 0 Å². The van der Waals surface area contributed by atoms with Crippen LogP contribution in [0, 0.1) is 23.7 Å². The van der Waals surface area contributed by atoms with E-state index in [1.54, 1.807) is 30.3 Å². The first-order chi connectivity index (χ1) is 6.77. The number of benzene rings is 1. The Morgan fingerprint density at radius 2 is 2.07 bits per heavy atom. The van der Waals surface area contributed by atoms with Crippen molar-refractivity contribution in [3.63, 3.8) is 0 Å². The second kappa shape index (κ2) is 4.69. The largest absolute Gasteiger partial charge is 0.447 e. The summed E-state index contributed by atoms with van der Waals surface area (Å²) in [4.78, 5) is 11.2. The normalized spacial score (nSPS) is 8.43. The van der Waals surface area contributed by atoms with E-state index < -0.39 is 5.97 Å². The third-order valence-corrected chi connectivity index (χ3v) is 1.56. The van der Waals surface area contributed by atoms with Gasteiger partial charge in [-0.15, -0.1) is 6.42 Å². The SMILES string of the molecule is C#Cc1ccc(C(=O)OCC#N)cc1. The lowest BCUT2D eigenvalue weighted by atomic mass is 10.1. The Hall–Kier alpha value is -2.26. The first-order valence-corrected chi connectivity index (χ1v) is 3.88. The molecule has 0 radical (unpaired) electrons. The van der Waals surface area contributed by atoms with Gasteiger partial charge in [0.2, 0.25) is 0 Å². The fourth-order valence-electron chi connectivity index (χ4n) is 0.884. The highest BCUT2D eigenvalue weighted by Gasteiger charge is 2.05. The molecule has 3 heteroatoms. The summed E-state index contributed by atoms with van der Waals surface area (Å²) in [6, 6.07) is 8.13. The summed E-state index contributed by atoms with van der Waals surface area (Å²) >= 11 is 0. The van der Waals surface area contributed by atoms with Crippen LogP contribution in [0.3, 0.4) is 0 Å². The van der Waals surface area contributed by atoms with Crippen LogP contribution >= 0.6 is 0 Å². The molecule has 0 N–H and O–H groups in total. The van der Waals surface area contributed by atoms with E-state index in [0.29, 0.717) is 11.1 Å². The molecule has 0 saturated carbocycles. The van der Waals surface area contributed by atoms with Gasteiger partial charge < -0.3 is 4.74 Å². The molecule has 0 aliphatic rings. The van der Waals surface area contributed by atoms with Crippen molar-refractivity contribution >= 4 is 5.97 Å². The molecule has 1 aromatic rings. The van der Waals surface area contributed by atoms with E-state index in [1.165, 1.54) is 0 Å². The molecule has 0 bridgehead atoms. The number of ether oxygens (including phenoxy) is 1. The molecule has 0 unspecified atom stereocenters. The van der Waals surface area contributed by atoms with Gasteiger partial charge in [0.1, 0.15) is 6.07 Å². The fourth-order valence-corrected chi connectivity index (χ4v) is 0.884. The maximum absolute atomic E-state index is 11.2. The maximum atomic E-state index is 11.2. The zero-order valence-electron chi connectivity index (χ0n) is 7.36. The minimum absolute atomic E-state index is 0.240. The molecule has 0 heterocycles. The molecule has 68 valence electrons. The van der Waals surface area contributed by atoms with E-state index in [-0.39, 0.29) is 6.61 Å². The average molecular weight is 185 g/mol. The molecule has 0 fully saturated rings. The van der Waals surface area contributed by atoms with E-state index in [9.17, 15) is 4.79 Å². The van der Waals surface area contributed by atoms with Crippen molar-refractivity contribution in [3.8, 4) is 18.4 Å². The molecule has 0 aliphatic carbocycles. The number of nitriles is 1. The van der Waals surface area contributed by atoms with E-state index >= 15 is 0 Å². The van der Waals surface area contributed by atoms with Crippen molar-refractivity contribution in [3.05, 3.63) is 35.4 Å². The van der Waals surface area contributed by atoms with Crippen LogP contribution in [0.25, 0.3) is 0 Å². The number of nitrogens with zero attached hydrogens (tertiary/aromatic N) is 1. The summed E-state index contributed by atoms with van der Waals surface area (Å²) < 4.78 is 4.60. The third-order valence-electron chi connectivity index (χ3n) is 1.56. The number of terminal acetylenes is 1. The van der Waals surface area contributed by atoms with Crippen LogP contribution in [0.5, 0.6) is 0 Å². The Bertz CT molecular complexity index is 406. The van der Waals surface area contributed by atoms with Gasteiger partial charge in [-0.25, -0.2) is 4.79 Å². The molecule has 0 saturated heterocycles. The fraction of sp³-hybridized carbons (Fsp3) is 0.0909. The molecule has 3 nitrogen and oxygen atoms in total. The number of carbonyl (C=O) groups excluding carboxylic acids is 1. The molecule has 14 heavy (non-hydrogen) atoms. The smallest absolute Gasteiger partial charge is 0.339 e. The Kier molecular flexibility index (Phi) is 3.29. The van der Waals surface area contributed by atoms with Gasteiger partial charge >= 0.3 is 5.97 Å². The highest BCUT2D eigenvalue weighted by molar-refractivity contribution is 5.89. The molecular formula is C11H7NO2. The number of esters is 1. The van der Waals surface area contributed by atoms with Crippen LogP contribution in [0.2, 0.25) is 0 Å². The molecule has 0 aliphatic heterocycles. The van der Waals surface area contributed by atoms with E-state index in [4.69, 9.17) is 11.7 Å². The highest BCUT2D eigenvalue weighted by atomic mass is 16.5. The first-order valence-electron chi connectivity index (χ1n) is 3.88. The van der Waals surface area contributed by atoms with Crippen LogP contribution in [0.4, 0.5) is 0 Å². The van der Waals surface area contributed by atoms with Crippen LogP contribution in [-0.2, 0) is 4.74 Å². The van der Waals surface area contributed by atoms with Crippen LogP contribution in [0.15, 0.2) is 24.3 Å². The summed E-state index contributed by atoms with van der Waals surface area (Å²) in [5.41, 5.74) is 1.08. The van der Waals surface area contributed by atoms with Crippen LogP contribution in [0.1, 0.15) is 15.9 Å². The molecule has 0 atom stereocenters. The average Bonchev–Trinajstić information content (AvgIpc) is 2.26. The van der Waals surface area contributed by atoms with Gasteiger partial charge in [0, 0.05) is 5.56 Å². The van der Waals surface area contributed by atoms with Gasteiger partial charge in [0.25, 0.3) is 0 Å². The Balaban J connectivity index is 2.74. The molecule has 0 amide bonds. The molecule has 0 aromatic heterocycles. The number of carbonyl (C=O) groups is 1. The molecule has 0 spiro atoms. The van der Waals surface area contributed by atoms with Gasteiger partial charge in [0.05, 0.1) is 5.56 Å². The standard InChI is InChI=1S/C11H7NO2/c1-2-9-3-5-10(6-4-9)11(13)14-8-7-12/h1,3-6H,8H2. The summed E-state index contributed by atoms with van der Waals surface area (Å²) in [5, 5.41) is 8.19. The van der Waals surface area contributed by atoms with Crippen molar-refractivity contribution in [1.82, 2.24) is 0 Å². The second-order valence-electron chi connectivity index (χ2n) is 2.46. The van der Waals surface area contributed by atoms with E-state index in [1.807, 2.05) is 0 Å². The van der Waals surface area contributed by atoms with Crippen molar-refractivity contribution in [2.24, 2.45) is 0 Å². The van der Waals surface area contributed by atoms with Gasteiger partial charge in [-0.3, -0.25) is 0 Å². The van der Waals surface area contributed by atoms with Gasteiger partial charge in [-0.2, -0.15) is 5.26 Å². The lowest BCUT2D eigenvalue weighted by Gasteiger charge is -1.99. The summed E-state index contributed by atoms with van der Waals surface area (Å²) in [5.74, 6) is 1.91. The lowest BCUT2D eigenvalue weighted by Crippen LogP contribution is -2.04. The minimum Gasteiger partial charge on any atom is -0.447 e. The minimum atomic E-state index is -0.518. The number of hydrogen-bond donors (Lipinski definition) is 0. The predicted octanol–water partition coefficient (Wildman–Crippen LogP) is 1.35. The van der Waals surface area contributed by atoms with Crippen LogP contribution < -0.4 is 0 Å². The second-order valence-corrected chi connectivity index (χ2v) is 2.46. The maximum Gasteiger partial charge on any atom is 0.339 e.